The monoisotopic (exact) mass is 363 g/mol. The van der Waals surface area contributed by atoms with Crippen LogP contribution in [0.4, 0.5) is 5.69 Å². The highest BCUT2D eigenvalue weighted by molar-refractivity contribution is 5.87. The fourth-order valence-electron chi connectivity index (χ4n) is 2.66. The maximum absolute atomic E-state index is 12.6. The lowest BCUT2D eigenvalue weighted by Crippen LogP contribution is -2.25. The molecule has 7 heteroatoms. The highest BCUT2D eigenvalue weighted by atomic mass is 16.5. The SMILES string of the molecule is COc1cccc(N=Cc2c(C)c(C#N)c(=O)n(Cc3ccco3)c2O)c1. The number of hydrogen-bond acceptors (Lipinski definition) is 6. The summed E-state index contributed by atoms with van der Waals surface area (Å²) in [6, 6.07) is 12.4. The first-order valence-electron chi connectivity index (χ1n) is 8.12. The van der Waals surface area contributed by atoms with E-state index in [1.165, 1.54) is 12.5 Å². The summed E-state index contributed by atoms with van der Waals surface area (Å²) in [5.74, 6) is 0.849. The van der Waals surface area contributed by atoms with Gasteiger partial charge in [0.1, 0.15) is 23.1 Å². The fourth-order valence-corrected chi connectivity index (χ4v) is 2.66. The van der Waals surface area contributed by atoms with Gasteiger partial charge in [0.05, 0.1) is 31.2 Å². The minimum absolute atomic E-state index is 0.00657. The molecule has 0 fully saturated rings. The lowest BCUT2D eigenvalue weighted by molar-refractivity contribution is 0.397. The van der Waals surface area contributed by atoms with Gasteiger partial charge in [0, 0.05) is 12.3 Å². The lowest BCUT2D eigenvalue weighted by atomic mass is 10.1. The second-order valence-corrected chi connectivity index (χ2v) is 5.78. The molecule has 2 aromatic heterocycles. The Bertz CT molecular complexity index is 1090. The van der Waals surface area contributed by atoms with Crippen LogP contribution in [0.2, 0.25) is 0 Å². The summed E-state index contributed by atoms with van der Waals surface area (Å²) < 4.78 is 11.5. The third-order valence-corrected chi connectivity index (χ3v) is 4.14. The van der Waals surface area contributed by atoms with Crippen molar-refractivity contribution >= 4 is 11.9 Å². The first-order chi connectivity index (χ1) is 13.0. The van der Waals surface area contributed by atoms with E-state index in [4.69, 9.17) is 9.15 Å². The summed E-state index contributed by atoms with van der Waals surface area (Å²) in [7, 11) is 1.56. The highest BCUT2D eigenvalue weighted by Crippen LogP contribution is 2.23. The maximum Gasteiger partial charge on any atom is 0.271 e. The molecule has 136 valence electrons. The lowest BCUT2D eigenvalue weighted by Gasteiger charge is -2.13. The predicted octanol–water partition coefficient (Wildman–Crippen LogP) is 3.13. The van der Waals surface area contributed by atoms with Crippen LogP contribution in [0.5, 0.6) is 11.6 Å². The molecule has 0 radical (unpaired) electrons. The molecule has 0 saturated heterocycles. The summed E-state index contributed by atoms with van der Waals surface area (Å²) in [4.78, 5) is 16.9. The molecular weight excluding hydrogens is 346 g/mol. The number of methoxy groups -OCH3 is 1. The van der Waals surface area contributed by atoms with E-state index in [0.717, 1.165) is 4.57 Å². The van der Waals surface area contributed by atoms with Crippen LogP contribution in [-0.2, 0) is 6.54 Å². The van der Waals surface area contributed by atoms with Crippen LogP contribution in [0.15, 0.2) is 56.9 Å². The van der Waals surface area contributed by atoms with Gasteiger partial charge in [0.2, 0.25) is 5.88 Å². The molecule has 0 saturated carbocycles. The van der Waals surface area contributed by atoms with Crippen LogP contribution in [0.3, 0.4) is 0 Å². The largest absolute Gasteiger partial charge is 0.497 e. The zero-order chi connectivity index (χ0) is 19.4. The summed E-state index contributed by atoms with van der Waals surface area (Å²) in [5, 5.41) is 20.0. The molecule has 3 aromatic rings. The number of aliphatic imine (C=N–C) groups is 1. The molecule has 0 amide bonds. The smallest absolute Gasteiger partial charge is 0.271 e. The van der Waals surface area contributed by atoms with Crippen LogP contribution < -0.4 is 10.3 Å². The third kappa shape index (κ3) is 3.60. The number of ether oxygens (including phenoxy) is 1. The van der Waals surface area contributed by atoms with Gasteiger partial charge >= 0.3 is 0 Å². The molecule has 0 aliphatic carbocycles. The normalized spacial score (nSPS) is 10.9. The minimum atomic E-state index is -0.581. The molecule has 7 nitrogen and oxygen atoms in total. The number of aromatic nitrogens is 1. The summed E-state index contributed by atoms with van der Waals surface area (Å²) >= 11 is 0. The van der Waals surface area contributed by atoms with E-state index in [-0.39, 0.29) is 18.0 Å². The van der Waals surface area contributed by atoms with E-state index in [0.29, 0.717) is 28.3 Å². The molecule has 0 bridgehead atoms. The summed E-state index contributed by atoms with van der Waals surface area (Å²) in [6.07, 6.45) is 2.90. The molecule has 0 aliphatic rings. The number of hydrogen-bond donors (Lipinski definition) is 1. The van der Waals surface area contributed by atoms with Crippen molar-refractivity contribution in [1.82, 2.24) is 4.57 Å². The molecule has 0 spiro atoms. The van der Waals surface area contributed by atoms with Gasteiger partial charge in [-0.15, -0.1) is 0 Å². The van der Waals surface area contributed by atoms with Crippen molar-refractivity contribution in [3.05, 3.63) is 75.5 Å². The van der Waals surface area contributed by atoms with E-state index < -0.39 is 5.56 Å². The van der Waals surface area contributed by atoms with Crippen molar-refractivity contribution in [1.29, 1.82) is 5.26 Å². The number of furan rings is 1. The van der Waals surface area contributed by atoms with Gasteiger partial charge in [0.15, 0.2) is 0 Å². The molecule has 3 rings (SSSR count). The summed E-state index contributed by atoms with van der Waals surface area (Å²) in [6.45, 7) is 1.61. The predicted molar refractivity (Wildman–Crippen MR) is 99.9 cm³/mol. The van der Waals surface area contributed by atoms with E-state index in [9.17, 15) is 15.2 Å². The van der Waals surface area contributed by atoms with Crippen molar-refractivity contribution in [3.63, 3.8) is 0 Å². The molecule has 0 unspecified atom stereocenters. The molecule has 27 heavy (non-hydrogen) atoms. The van der Waals surface area contributed by atoms with Crippen molar-refractivity contribution in [2.75, 3.05) is 7.11 Å². The Morgan fingerprint density at radius 2 is 2.19 bits per heavy atom. The third-order valence-electron chi connectivity index (χ3n) is 4.14. The first kappa shape index (κ1) is 18.0. The van der Waals surface area contributed by atoms with Crippen LogP contribution in [-0.4, -0.2) is 23.0 Å². The average Bonchev–Trinajstić information content (AvgIpc) is 3.19. The van der Waals surface area contributed by atoms with Crippen molar-refractivity contribution < 1.29 is 14.3 Å². The van der Waals surface area contributed by atoms with Gasteiger partial charge in [-0.25, -0.2) is 0 Å². The van der Waals surface area contributed by atoms with Crippen molar-refractivity contribution in [3.8, 4) is 17.7 Å². The molecule has 2 heterocycles. The molecule has 0 atom stereocenters. The average molecular weight is 363 g/mol. The van der Waals surface area contributed by atoms with Crippen molar-refractivity contribution in [2.45, 2.75) is 13.5 Å². The topological polar surface area (TPSA) is 101 Å². The van der Waals surface area contributed by atoms with E-state index in [2.05, 4.69) is 4.99 Å². The Kier molecular flexibility index (Phi) is 5.08. The van der Waals surface area contributed by atoms with E-state index in [1.54, 1.807) is 50.4 Å². The quantitative estimate of drug-likeness (QED) is 0.702. The standard InChI is InChI=1S/C20H17N3O4/c1-13-17(10-21)19(24)23(12-16-7-4-8-27-16)20(25)18(13)11-22-14-5-3-6-15(9-14)26-2/h3-9,11,25H,12H2,1-2H3. The Labute approximate surface area is 155 Å². The number of aromatic hydroxyl groups is 1. The van der Waals surface area contributed by atoms with Gasteiger partial charge in [-0.05, 0) is 36.8 Å². The Balaban J connectivity index is 2.10. The fraction of sp³-hybridized carbons (Fsp3) is 0.150. The van der Waals surface area contributed by atoms with Crippen LogP contribution >= 0.6 is 0 Å². The summed E-state index contributed by atoms with van der Waals surface area (Å²) in [5.41, 5.74) is 0.632. The molecule has 1 N–H and O–H groups in total. The van der Waals surface area contributed by atoms with Crippen LogP contribution in [0.1, 0.15) is 22.5 Å². The Morgan fingerprint density at radius 3 is 2.85 bits per heavy atom. The van der Waals surface area contributed by atoms with Gasteiger partial charge in [0.25, 0.3) is 5.56 Å². The van der Waals surface area contributed by atoms with Gasteiger partial charge in [-0.3, -0.25) is 14.4 Å². The number of pyridine rings is 1. The van der Waals surface area contributed by atoms with E-state index in [1.807, 2.05) is 6.07 Å². The zero-order valence-corrected chi connectivity index (χ0v) is 14.8. The zero-order valence-electron chi connectivity index (χ0n) is 14.8. The van der Waals surface area contributed by atoms with Crippen LogP contribution in [0.25, 0.3) is 0 Å². The second-order valence-electron chi connectivity index (χ2n) is 5.78. The highest BCUT2D eigenvalue weighted by Gasteiger charge is 2.18. The minimum Gasteiger partial charge on any atom is -0.497 e. The number of nitrogens with zero attached hydrogens (tertiary/aromatic N) is 3. The van der Waals surface area contributed by atoms with Gasteiger partial charge < -0.3 is 14.3 Å². The van der Waals surface area contributed by atoms with Crippen molar-refractivity contribution in [2.24, 2.45) is 4.99 Å². The van der Waals surface area contributed by atoms with E-state index >= 15 is 0 Å². The Morgan fingerprint density at radius 1 is 1.37 bits per heavy atom. The molecule has 1 aromatic carbocycles. The second kappa shape index (κ2) is 7.62. The number of rotatable bonds is 5. The van der Waals surface area contributed by atoms with Gasteiger partial charge in [-0.1, -0.05) is 6.07 Å². The molecule has 0 aliphatic heterocycles. The number of benzene rings is 1. The van der Waals surface area contributed by atoms with Crippen LogP contribution in [0, 0.1) is 18.3 Å². The number of nitriles is 1. The Hall–Kier alpha value is -3.79. The maximum atomic E-state index is 12.6. The molecular formula is C20H17N3O4. The van der Waals surface area contributed by atoms with Gasteiger partial charge in [-0.2, -0.15) is 5.26 Å². The first-order valence-corrected chi connectivity index (χ1v) is 8.12.